The van der Waals surface area contributed by atoms with E-state index in [9.17, 15) is 33.0 Å². The number of carbonyl (C=O) groups is 3. The molecule has 1 saturated carbocycles. The Kier molecular flexibility index (Phi) is 8.38. The number of rotatable bonds is 8. The van der Waals surface area contributed by atoms with Gasteiger partial charge >= 0.3 is 11.9 Å². The molecule has 4 heterocycles. The van der Waals surface area contributed by atoms with Crippen LogP contribution in [0.5, 0.6) is 0 Å². The molecule has 4 aromatic rings. The topological polar surface area (TPSA) is 145 Å². The Morgan fingerprint density at radius 2 is 1.64 bits per heavy atom. The lowest BCUT2D eigenvalue weighted by Crippen LogP contribution is -2.60. The van der Waals surface area contributed by atoms with E-state index in [1.54, 1.807) is 17.0 Å². The molecule has 13 heteroatoms. The van der Waals surface area contributed by atoms with Crippen molar-refractivity contribution in [3.63, 3.8) is 0 Å². The number of pyridine rings is 1. The summed E-state index contributed by atoms with van der Waals surface area (Å²) in [5, 5.41) is 19.3. The van der Waals surface area contributed by atoms with Crippen molar-refractivity contribution in [2.24, 2.45) is 5.92 Å². The minimum atomic E-state index is -4.12. The largest absolute Gasteiger partial charge is 0.477 e. The molecule has 3 aromatic heterocycles. The molecule has 0 radical (unpaired) electrons. The molecule has 2 N–H and O–H groups in total. The Hall–Kier alpha value is -3.91. The first-order chi connectivity index (χ1) is 21.1. The number of hydrogen-bond acceptors (Lipinski definition) is 8. The summed E-state index contributed by atoms with van der Waals surface area (Å²) in [6, 6.07) is 16.6. The first-order valence-corrected chi connectivity index (χ1v) is 17.2. The number of benzene rings is 1. The number of carbonyl (C=O) groups excluding carboxylic acids is 1. The number of nitrogens with zero attached hydrogens (tertiary/aromatic N) is 3. The van der Waals surface area contributed by atoms with Crippen molar-refractivity contribution in [3.8, 4) is 21.0 Å². The van der Waals surface area contributed by atoms with E-state index in [-0.39, 0.29) is 27.1 Å². The molecule has 1 aliphatic carbocycles. The van der Waals surface area contributed by atoms with E-state index < -0.39 is 40.5 Å². The molecule has 228 valence electrons. The minimum Gasteiger partial charge on any atom is -0.477 e. The molecule has 6 rings (SSSR count). The molecular formula is C31H29N3O7S3. The van der Waals surface area contributed by atoms with Gasteiger partial charge in [0.2, 0.25) is 15.9 Å². The van der Waals surface area contributed by atoms with Gasteiger partial charge in [0.1, 0.15) is 14.6 Å². The number of aromatic carboxylic acids is 2. The number of hydrogen-bond donors (Lipinski definition) is 2. The molecular weight excluding hydrogens is 623 g/mol. The van der Waals surface area contributed by atoms with Crippen LogP contribution in [0.15, 0.2) is 71.8 Å². The maximum Gasteiger partial charge on any atom is 0.348 e. The molecule has 1 saturated heterocycles. The Balaban J connectivity index is 1.33. The molecule has 2 fully saturated rings. The third-order valence-corrected chi connectivity index (χ3v) is 12.2. The first-order valence-electron chi connectivity index (χ1n) is 14.2. The van der Waals surface area contributed by atoms with E-state index >= 15 is 0 Å². The van der Waals surface area contributed by atoms with Crippen LogP contribution >= 0.6 is 22.7 Å². The Morgan fingerprint density at radius 3 is 2.27 bits per heavy atom. The number of amides is 1. The number of piperazine rings is 1. The smallest absolute Gasteiger partial charge is 0.348 e. The summed E-state index contributed by atoms with van der Waals surface area (Å²) in [5.74, 6) is -2.65. The van der Waals surface area contributed by atoms with E-state index in [2.05, 4.69) is 4.98 Å². The monoisotopic (exact) mass is 651 g/mol. The fourth-order valence-corrected chi connectivity index (χ4v) is 9.19. The van der Waals surface area contributed by atoms with Crippen molar-refractivity contribution in [1.29, 1.82) is 0 Å². The molecule has 44 heavy (non-hydrogen) atoms. The fraction of sp³-hybridized carbons (Fsp3) is 0.290. The van der Waals surface area contributed by atoms with Gasteiger partial charge in [-0.2, -0.15) is 4.31 Å². The molecule has 1 aliphatic heterocycles. The lowest BCUT2D eigenvalue weighted by atomic mass is 9.82. The van der Waals surface area contributed by atoms with Crippen LogP contribution in [-0.4, -0.2) is 64.9 Å². The van der Waals surface area contributed by atoms with Crippen LogP contribution in [0.25, 0.3) is 21.0 Å². The van der Waals surface area contributed by atoms with Crippen molar-refractivity contribution in [1.82, 2.24) is 9.29 Å². The molecule has 1 amide bonds. The summed E-state index contributed by atoms with van der Waals surface area (Å²) >= 11 is 2.15. The maximum atomic E-state index is 13.9. The normalized spacial score (nSPS) is 18.4. The highest BCUT2D eigenvalue weighted by Gasteiger charge is 2.44. The number of carboxylic acid groups (broad SMARTS) is 2. The van der Waals surface area contributed by atoms with Crippen LogP contribution in [0.1, 0.15) is 51.4 Å². The average Bonchev–Trinajstić information content (AvgIpc) is 3.71. The number of aromatic nitrogens is 1. The highest BCUT2D eigenvalue weighted by molar-refractivity contribution is 7.89. The van der Waals surface area contributed by atoms with Gasteiger partial charge in [-0.05, 0) is 54.7 Å². The van der Waals surface area contributed by atoms with Crippen molar-refractivity contribution < 1.29 is 33.0 Å². The third-order valence-electron chi connectivity index (χ3n) is 8.16. The van der Waals surface area contributed by atoms with Crippen LogP contribution < -0.4 is 4.90 Å². The summed E-state index contributed by atoms with van der Waals surface area (Å²) in [7, 11) is -4.12. The standard InChI is InChI=1S/C31H29N3O7S3/c35-28-18-33(44(40,41)21-11-12-22(32-16-21)25-13-14-26(42-25)30(36)37)17-24(19-7-3-1-4-8-19)34(28)23-15-27(43-29(23)31(38)39)20-9-5-2-6-10-20/h2,5-6,9-16,19,24H,1,3-4,7-8,17-18H2,(H,36,37)(H,38,39). The minimum absolute atomic E-state index is 0.00943. The summed E-state index contributed by atoms with van der Waals surface area (Å²) in [4.78, 5) is 44.8. The highest BCUT2D eigenvalue weighted by Crippen LogP contribution is 2.42. The lowest BCUT2D eigenvalue weighted by molar-refractivity contribution is -0.121. The predicted molar refractivity (Wildman–Crippen MR) is 168 cm³/mol. The maximum absolute atomic E-state index is 13.9. The van der Waals surface area contributed by atoms with Crippen LogP contribution in [0, 0.1) is 5.92 Å². The predicted octanol–water partition coefficient (Wildman–Crippen LogP) is 5.92. The zero-order chi connectivity index (χ0) is 31.0. The number of carboxylic acids is 2. The number of thiophene rings is 2. The van der Waals surface area contributed by atoms with Gasteiger partial charge in [-0.3, -0.25) is 9.78 Å². The van der Waals surface area contributed by atoms with Gasteiger partial charge in [0.25, 0.3) is 0 Å². The first kappa shape index (κ1) is 30.1. The Bertz CT molecular complexity index is 1810. The summed E-state index contributed by atoms with van der Waals surface area (Å²) in [6.45, 7) is -0.404. The molecule has 10 nitrogen and oxygen atoms in total. The van der Waals surface area contributed by atoms with E-state index in [1.807, 2.05) is 30.3 Å². The second kappa shape index (κ2) is 12.2. The van der Waals surface area contributed by atoms with Gasteiger partial charge in [0.15, 0.2) is 0 Å². The SMILES string of the molecule is O=C(O)c1ccc(-c2ccc(S(=O)(=O)N3CC(=O)N(c4cc(-c5ccccc5)sc4C(=O)O)C(C4CCCCC4)C3)cn2)s1. The van der Waals surface area contributed by atoms with Gasteiger partial charge in [-0.1, -0.05) is 49.6 Å². The highest BCUT2D eigenvalue weighted by atomic mass is 32.2. The van der Waals surface area contributed by atoms with E-state index in [0.29, 0.717) is 16.3 Å². The zero-order valence-electron chi connectivity index (χ0n) is 23.5. The third kappa shape index (κ3) is 5.80. The van der Waals surface area contributed by atoms with Crippen molar-refractivity contribution in [2.75, 3.05) is 18.0 Å². The summed E-state index contributed by atoms with van der Waals surface area (Å²) in [5.41, 5.74) is 1.59. The molecule has 1 aromatic carbocycles. The zero-order valence-corrected chi connectivity index (χ0v) is 25.9. The second-order valence-electron chi connectivity index (χ2n) is 10.9. The van der Waals surface area contributed by atoms with E-state index in [1.165, 1.54) is 28.7 Å². The van der Waals surface area contributed by atoms with Gasteiger partial charge in [0, 0.05) is 17.6 Å². The lowest BCUT2D eigenvalue weighted by Gasteiger charge is -2.44. The van der Waals surface area contributed by atoms with Crippen molar-refractivity contribution in [2.45, 2.75) is 43.0 Å². The van der Waals surface area contributed by atoms with Crippen LogP contribution in [0.2, 0.25) is 0 Å². The quantitative estimate of drug-likeness (QED) is 0.239. The molecule has 0 bridgehead atoms. The molecule has 1 unspecified atom stereocenters. The van der Waals surface area contributed by atoms with Gasteiger partial charge in [-0.25, -0.2) is 18.0 Å². The van der Waals surface area contributed by atoms with E-state index in [0.717, 1.165) is 65.2 Å². The molecule has 1 atom stereocenters. The number of anilines is 1. The average molecular weight is 652 g/mol. The summed E-state index contributed by atoms with van der Waals surface area (Å²) < 4.78 is 28.9. The van der Waals surface area contributed by atoms with Gasteiger partial charge < -0.3 is 15.1 Å². The molecule has 2 aliphatic rings. The van der Waals surface area contributed by atoms with Gasteiger partial charge in [-0.15, -0.1) is 22.7 Å². The second-order valence-corrected chi connectivity index (χ2v) is 14.9. The van der Waals surface area contributed by atoms with Crippen molar-refractivity contribution >= 4 is 56.2 Å². The number of sulfonamides is 1. The fourth-order valence-electron chi connectivity index (χ4n) is 6.02. The Morgan fingerprint density at radius 1 is 0.886 bits per heavy atom. The van der Waals surface area contributed by atoms with Crippen LogP contribution in [0.4, 0.5) is 5.69 Å². The Labute approximate surface area is 262 Å². The van der Waals surface area contributed by atoms with Crippen molar-refractivity contribution in [3.05, 3.63) is 76.6 Å². The van der Waals surface area contributed by atoms with E-state index in [4.69, 9.17) is 0 Å². The van der Waals surface area contributed by atoms with Gasteiger partial charge in [0.05, 0.1) is 28.8 Å². The summed E-state index contributed by atoms with van der Waals surface area (Å²) in [6.07, 6.45) is 5.83. The van der Waals surface area contributed by atoms with Crippen LogP contribution in [0.3, 0.4) is 0 Å². The molecule has 0 spiro atoms. The van der Waals surface area contributed by atoms with Crippen LogP contribution in [-0.2, 0) is 14.8 Å².